The second-order valence-electron chi connectivity index (χ2n) is 12.3. The van der Waals surface area contributed by atoms with Crippen molar-refractivity contribution >= 4 is 22.3 Å². The smallest absolute Gasteiger partial charge is 0.410 e. The first-order chi connectivity index (χ1) is 17.9. The Kier molecular flexibility index (Phi) is 11.2. The zero-order valence-corrected chi connectivity index (χ0v) is 25.8. The SMILES string of the molecule is CC(C)NC[C@@H]1CCN1C(=O)OC(C)(C)C.Cc1ccc(S(=O)(=O)OC[C@@H]2CCN2C(=O)OC(C)(C)C)cc1. The molecule has 1 aromatic carbocycles. The molecule has 2 saturated heterocycles. The molecule has 0 aliphatic carbocycles. The summed E-state index contributed by atoms with van der Waals surface area (Å²) in [5.41, 5.74) is -0.00609. The Labute approximate surface area is 234 Å². The fraction of sp³-hybridized carbons (Fsp3) is 0.714. The van der Waals surface area contributed by atoms with Crippen molar-refractivity contribution in [2.75, 3.05) is 26.2 Å². The third-order valence-corrected chi connectivity index (χ3v) is 7.33. The van der Waals surface area contributed by atoms with Gasteiger partial charge in [0.05, 0.1) is 17.5 Å². The zero-order chi connectivity index (χ0) is 29.6. The summed E-state index contributed by atoms with van der Waals surface area (Å²) >= 11 is 0. The van der Waals surface area contributed by atoms with Crippen LogP contribution in [0.4, 0.5) is 9.59 Å². The second kappa shape index (κ2) is 13.3. The maximum Gasteiger partial charge on any atom is 0.410 e. The first-order valence-corrected chi connectivity index (χ1v) is 15.0. The van der Waals surface area contributed by atoms with Gasteiger partial charge >= 0.3 is 12.2 Å². The van der Waals surface area contributed by atoms with Gasteiger partial charge in [0.2, 0.25) is 0 Å². The lowest BCUT2D eigenvalue weighted by Crippen LogP contribution is -2.57. The molecule has 0 bridgehead atoms. The Morgan fingerprint density at radius 1 is 0.897 bits per heavy atom. The number of rotatable bonds is 7. The molecule has 11 heteroatoms. The molecule has 2 aliphatic rings. The zero-order valence-electron chi connectivity index (χ0n) is 24.9. The lowest BCUT2D eigenvalue weighted by molar-refractivity contribution is -0.0138. The third-order valence-electron chi connectivity index (χ3n) is 6.03. The Bertz CT molecular complexity index is 1060. The predicted molar refractivity (Wildman–Crippen MR) is 150 cm³/mol. The first-order valence-electron chi connectivity index (χ1n) is 13.6. The van der Waals surface area contributed by atoms with Crippen LogP contribution in [0.25, 0.3) is 0 Å². The molecule has 222 valence electrons. The number of carbonyl (C=O) groups is 2. The molecule has 2 fully saturated rings. The van der Waals surface area contributed by atoms with E-state index < -0.39 is 27.4 Å². The van der Waals surface area contributed by atoms with Crippen molar-refractivity contribution in [2.24, 2.45) is 0 Å². The van der Waals surface area contributed by atoms with Crippen LogP contribution in [0.15, 0.2) is 29.2 Å². The average molecular weight is 570 g/mol. The van der Waals surface area contributed by atoms with Crippen LogP contribution in [0.3, 0.4) is 0 Å². The van der Waals surface area contributed by atoms with Crippen LogP contribution in [-0.4, -0.2) is 86.0 Å². The number of amides is 2. The van der Waals surface area contributed by atoms with E-state index in [2.05, 4.69) is 19.2 Å². The van der Waals surface area contributed by atoms with Gasteiger partial charge in [0.25, 0.3) is 10.1 Å². The van der Waals surface area contributed by atoms with Gasteiger partial charge in [-0.25, -0.2) is 9.59 Å². The van der Waals surface area contributed by atoms with Crippen LogP contribution in [0.2, 0.25) is 0 Å². The number of hydrogen-bond acceptors (Lipinski definition) is 8. The summed E-state index contributed by atoms with van der Waals surface area (Å²) in [5, 5.41) is 3.35. The summed E-state index contributed by atoms with van der Waals surface area (Å²) in [7, 11) is -3.81. The molecule has 10 nitrogen and oxygen atoms in total. The van der Waals surface area contributed by atoms with E-state index in [1.165, 1.54) is 17.0 Å². The molecule has 0 spiro atoms. The van der Waals surface area contributed by atoms with Gasteiger partial charge in [0.15, 0.2) is 0 Å². The third kappa shape index (κ3) is 11.0. The van der Waals surface area contributed by atoms with Gasteiger partial charge in [0, 0.05) is 31.7 Å². The molecule has 3 rings (SSSR count). The van der Waals surface area contributed by atoms with E-state index in [1.807, 2.05) is 27.7 Å². The van der Waals surface area contributed by atoms with Crippen LogP contribution in [0.5, 0.6) is 0 Å². The number of nitrogens with one attached hydrogen (secondary N) is 1. The number of ether oxygens (including phenoxy) is 2. The number of carbonyl (C=O) groups excluding carboxylic acids is 2. The summed E-state index contributed by atoms with van der Waals surface area (Å²) in [6.45, 7) is 19.3. The summed E-state index contributed by atoms with van der Waals surface area (Å²) in [4.78, 5) is 27.2. The van der Waals surface area contributed by atoms with Gasteiger partial charge in [-0.15, -0.1) is 0 Å². The van der Waals surface area contributed by atoms with Crippen molar-refractivity contribution in [3.63, 3.8) is 0 Å². The van der Waals surface area contributed by atoms with Gasteiger partial charge in [-0.1, -0.05) is 31.5 Å². The fourth-order valence-electron chi connectivity index (χ4n) is 3.70. The molecular formula is C28H47N3O7S. The normalized spacial score (nSPS) is 19.4. The summed E-state index contributed by atoms with van der Waals surface area (Å²) in [6, 6.07) is 6.94. The van der Waals surface area contributed by atoms with Crippen molar-refractivity contribution < 1.29 is 31.7 Å². The van der Waals surface area contributed by atoms with E-state index in [1.54, 1.807) is 37.8 Å². The highest BCUT2D eigenvalue weighted by Crippen LogP contribution is 2.23. The van der Waals surface area contributed by atoms with Crippen LogP contribution >= 0.6 is 0 Å². The molecular weight excluding hydrogens is 522 g/mol. The highest BCUT2D eigenvalue weighted by atomic mass is 32.2. The van der Waals surface area contributed by atoms with Crippen molar-refractivity contribution in [3.05, 3.63) is 29.8 Å². The van der Waals surface area contributed by atoms with Gasteiger partial charge in [-0.2, -0.15) is 8.42 Å². The largest absolute Gasteiger partial charge is 0.444 e. The Morgan fingerprint density at radius 2 is 1.36 bits per heavy atom. The molecule has 0 aromatic heterocycles. The van der Waals surface area contributed by atoms with E-state index in [4.69, 9.17) is 13.7 Å². The highest BCUT2D eigenvalue weighted by molar-refractivity contribution is 7.86. The molecule has 2 heterocycles. The summed E-state index contributed by atoms with van der Waals surface area (Å²) < 4.78 is 40.0. The van der Waals surface area contributed by atoms with Crippen molar-refractivity contribution in [3.8, 4) is 0 Å². The number of nitrogens with zero attached hydrogens (tertiary/aromatic N) is 2. The molecule has 0 unspecified atom stereocenters. The average Bonchev–Trinajstić information content (AvgIpc) is 2.70. The maximum atomic E-state index is 12.1. The molecule has 0 radical (unpaired) electrons. The van der Waals surface area contributed by atoms with Gasteiger partial charge in [-0.3, -0.25) is 4.18 Å². The summed E-state index contributed by atoms with van der Waals surface area (Å²) in [5.74, 6) is 0. The highest BCUT2D eigenvalue weighted by Gasteiger charge is 2.37. The van der Waals surface area contributed by atoms with Crippen LogP contribution in [-0.2, 0) is 23.8 Å². The molecule has 2 aliphatic heterocycles. The lowest BCUT2D eigenvalue weighted by atomic mass is 10.0. The number of aryl methyl sites for hydroxylation is 1. The van der Waals surface area contributed by atoms with Crippen molar-refractivity contribution in [2.45, 2.75) is 109 Å². The van der Waals surface area contributed by atoms with Crippen molar-refractivity contribution in [1.29, 1.82) is 0 Å². The van der Waals surface area contributed by atoms with E-state index in [0.29, 0.717) is 25.0 Å². The Morgan fingerprint density at radius 3 is 1.74 bits per heavy atom. The monoisotopic (exact) mass is 569 g/mol. The minimum atomic E-state index is -3.81. The topological polar surface area (TPSA) is 114 Å². The minimum Gasteiger partial charge on any atom is -0.444 e. The van der Waals surface area contributed by atoms with Gasteiger partial charge in [-0.05, 0) is 73.4 Å². The summed E-state index contributed by atoms with van der Waals surface area (Å²) in [6.07, 6.45) is 1.14. The number of hydrogen-bond donors (Lipinski definition) is 1. The molecule has 1 N–H and O–H groups in total. The fourth-order valence-corrected chi connectivity index (χ4v) is 4.64. The maximum absolute atomic E-state index is 12.1. The number of benzene rings is 1. The van der Waals surface area contributed by atoms with Crippen LogP contribution in [0, 0.1) is 6.92 Å². The van der Waals surface area contributed by atoms with E-state index in [-0.39, 0.29) is 23.6 Å². The minimum absolute atomic E-state index is 0.0601. The molecule has 2 amide bonds. The standard InChI is InChI=1S/C16H23NO5S.C12H24N2O2/c1-12-5-7-14(8-6-12)23(19,20)21-11-13-9-10-17(13)15(18)22-16(2,3)4;1-9(2)13-8-10-6-7-14(10)11(15)16-12(3,4)5/h5-8,13H,9-11H2,1-4H3;9-10,13H,6-8H2,1-5H3/t13-;10-/m00/s1. The molecule has 2 atom stereocenters. The first kappa shape index (κ1) is 32.8. The van der Waals surface area contributed by atoms with Crippen molar-refractivity contribution in [1.82, 2.24) is 15.1 Å². The Hall–Kier alpha value is -2.37. The second-order valence-corrected chi connectivity index (χ2v) is 14.0. The van der Waals surface area contributed by atoms with E-state index in [0.717, 1.165) is 25.1 Å². The molecule has 39 heavy (non-hydrogen) atoms. The van der Waals surface area contributed by atoms with Crippen LogP contribution in [0.1, 0.15) is 73.8 Å². The van der Waals surface area contributed by atoms with E-state index >= 15 is 0 Å². The van der Waals surface area contributed by atoms with E-state index in [9.17, 15) is 18.0 Å². The number of likely N-dealkylation sites (tertiary alicyclic amines) is 2. The quantitative estimate of drug-likeness (QED) is 0.470. The van der Waals surface area contributed by atoms with Crippen LogP contribution < -0.4 is 5.32 Å². The lowest BCUT2D eigenvalue weighted by Gasteiger charge is -2.41. The predicted octanol–water partition coefficient (Wildman–Crippen LogP) is 4.70. The van der Waals surface area contributed by atoms with Gasteiger partial charge in [0.1, 0.15) is 11.2 Å². The molecule has 1 aromatic rings. The van der Waals surface area contributed by atoms with Gasteiger partial charge < -0.3 is 24.6 Å². The Balaban J connectivity index is 0.000000293. The molecule has 0 saturated carbocycles.